The number of carbonyl (C=O) groups is 2. The maximum Gasteiger partial charge on any atom is 0.338 e. The quantitative estimate of drug-likeness (QED) is 0.683. The van der Waals surface area contributed by atoms with E-state index in [1.165, 1.54) is 22.5 Å². The van der Waals surface area contributed by atoms with Gasteiger partial charge in [0, 0.05) is 18.8 Å². The number of anilines is 1. The number of esters is 1. The summed E-state index contributed by atoms with van der Waals surface area (Å²) >= 11 is 0. The summed E-state index contributed by atoms with van der Waals surface area (Å²) in [6.45, 7) is 2.12. The van der Waals surface area contributed by atoms with Gasteiger partial charge in [-0.3, -0.25) is 4.79 Å². The minimum Gasteiger partial charge on any atom is -0.452 e. The molecule has 1 amide bonds. The van der Waals surface area contributed by atoms with Crippen LogP contribution in [0.4, 0.5) is 10.1 Å². The normalized spacial score (nSPS) is 15.2. The summed E-state index contributed by atoms with van der Waals surface area (Å²) in [5.74, 6) is -1.86. The topological polar surface area (TPSA) is 92.8 Å². The second kappa shape index (κ2) is 10.0. The highest BCUT2D eigenvalue weighted by atomic mass is 32.2. The summed E-state index contributed by atoms with van der Waals surface area (Å²) < 4.78 is 45.6. The molecule has 0 bridgehead atoms. The van der Waals surface area contributed by atoms with Crippen molar-refractivity contribution in [1.29, 1.82) is 0 Å². The third-order valence-electron chi connectivity index (χ3n) is 5.07. The van der Waals surface area contributed by atoms with E-state index in [4.69, 9.17) is 4.74 Å². The van der Waals surface area contributed by atoms with Gasteiger partial charge in [-0.2, -0.15) is 4.31 Å². The first-order valence-corrected chi connectivity index (χ1v) is 11.5. The Bertz CT molecular complexity index is 1050. The highest BCUT2D eigenvalue weighted by Crippen LogP contribution is 2.25. The van der Waals surface area contributed by atoms with Crippen molar-refractivity contribution >= 4 is 27.6 Å². The van der Waals surface area contributed by atoms with Crippen molar-refractivity contribution in [1.82, 2.24) is 4.31 Å². The van der Waals surface area contributed by atoms with Crippen LogP contribution in [0.5, 0.6) is 0 Å². The Hall–Kier alpha value is -2.78. The summed E-state index contributed by atoms with van der Waals surface area (Å²) in [5, 5.41) is 2.55. The molecule has 9 heteroatoms. The highest BCUT2D eigenvalue weighted by Gasteiger charge is 2.27. The maximum absolute atomic E-state index is 13.1. The van der Waals surface area contributed by atoms with Gasteiger partial charge in [-0.1, -0.05) is 18.9 Å². The Labute approximate surface area is 181 Å². The van der Waals surface area contributed by atoms with Crippen LogP contribution in [0.15, 0.2) is 47.4 Å². The minimum absolute atomic E-state index is 0.121. The standard InChI is InChI=1S/C22H25FN2O5S/c1-16-6-11-19(14-20(16)31(28,29)25-12-4-2-3-5-13-25)24-21(26)15-30-22(27)17-7-9-18(23)10-8-17/h6-11,14H,2-5,12-13,15H2,1H3,(H,24,26). The number of rotatable bonds is 6. The zero-order valence-corrected chi connectivity index (χ0v) is 18.1. The molecule has 1 aliphatic rings. The maximum atomic E-state index is 13.1. The molecule has 31 heavy (non-hydrogen) atoms. The second-order valence-electron chi connectivity index (χ2n) is 7.43. The van der Waals surface area contributed by atoms with Crippen molar-refractivity contribution in [3.63, 3.8) is 0 Å². The van der Waals surface area contributed by atoms with E-state index >= 15 is 0 Å². The molecule has 0 atom stereocenters. The summed E-state index contributed by atoms with van der Waals surface area (Å²) in [6, 6.07) is 9.41. The highest BCUT2D eigenvalue weighted by molar-refractivity contribution is 7.89. The summed E-state index contributed by atoms with van der Waals surface area (Å²) in [6.07, 6.45) is 3.68. The number of hydrogen-bond donors (Lipinski definition) is 1. The molecule has 0 spiro atoms. The molecule has 0 aromatic heterocycles. The molecule has 166 valence electrons. The zero-order chi connectivity index (χ0) is 22.4. The van der Waals surface area contributed by atoms with E-state index in [0.29, 0.717) is 24.3 Å². The van der Waals surface area contributed by atoms with E-state index in [1.807, 2.05) is 0 Å². The number of benzene rings is 2. The lowest BCUT2D eigenvalue weighted by Gasteiger charge is -2.21. The van der Waals surface area contributed by atoms with Gasteiger partial charge in [0.2, 0.25) is 10.0 Å². The fraction of sp³-hybridized carbons (Fsp3) is 0.364. The fourth-order valence-corrected chi connectivity index (χ4v) is 5.14. The molecule has 0 unspecified atom stereocenters. The van der Waals surface area contributed by atoms with Crippen LogP contribution in [0.25, 0.3) is 0 Å². The van der Waals surface area contributed by atoms with Crippen LogP contribution in [0.2, 0.25) is 0 Å². The number of carbonyl (C=O) groups excluding carboxylic acids is 2. The molecule has 1 fully saturated rings. The van der Waals surface area contributed by atoms with Crippen molar-refractivity contribution in [3.8, 4) is 0 Å². The van der Waals surface area contributed by atoms with Crippen LogP contribution in [-0.4, -0.2) is 44.3 Å². The van der Waals surface area contributed by atoms with Crippen LogP contribution in [0, 0.1) is 12.7 Å². The van der Waals surface area contributed by atoms with Gasteiger partial charge >= 0.3 is 5.97 Å². The monoisotopic (exact) mass is 448 g/mol. The van der Waals surface area contributed by atoms with Crippen LogP contribution in [-0.2, 0) is 19.6 Å². The van der Waals surface area contributed by atoms with E-state index in [-0.39, 0.29) is 10.5 Å². The predicted octanol–water partition coefficient (Wildman–Crippen LogP) is 3.49. The molecule has 1 heterocycles. The van der Waals surface area contributed by atoms with Gasteiger partial charge in [0.1, 0.15) is 5.82 Å². The lowest BCUT2D eigenvalue weighted by Crippen LogP contribution is -2.32. The zero-order valence-electron chi connectivity index (χ0n) is 17.3. The average molecular weight is 449 g/mol. The van der Waals surface area contributed by atoms with E-state index in [1.54, 1.807) is 19.1 Å². The van der Waals surface area contributed by atoms with E-state index in [0.717, 1.165) is 37.8 Å². The Morgan fingerprint density at radius 1 is 1.03 bits per heavy atom. The van der Waals surface area contributed by atoms with Crippen LogP contribution in [0.3, 0.4) is 0 Å². The molecule has 1 N–H and O–H groups in total. The molecule has 1 aliphatic heterocycles. The van der Waals surface area contributed by atoms with Crippen LogP contribution in [0.1, 0.15) is 41.6 Å². The first kappa shape index (κ1) is 22.9. The number of halogens is 1. The number of aryl methyl sites for hydroxylation is 1. The number of sulfonamides is 1. The van der Waals surface area contributed by atoms with Crippen molar-refractivity contribution in [2.45, 2.75) is 37.5 Å². The lowest BCUT2D eigenvalue weighted by atomic mass is 10.2. The molecular weight excluding hydrogens is 423 g/mol. The Balaban J connectivity index is 1.66. The Morgan fingerprint density at radius 3 is 2.32 bits per heavy atom. The van der Waals surface area contributed by atoms with Gasteiger partial charge in [0.05, 0.1) is 10.5 Å². The number of ether oxygens (including phenoxy) is 1. The van der Waals surface area contributed by atoms with E-state index in [9.17, 15) is 22.4 Å². The van der Waals surface area contributed by atoms with E-state index < -0.39 is 34.3 Å². The average Bonchev–Trinajstić information content (AvgIpc) is 3.04. The van der Waals surface area contributed by atoms with E-state index in [2.05, 4.69) is 5.32 Å². The van der Waals surface area contributed by atoms with Gasteiger partial charge in [-0.15, -0.1) is 0 Å². The number of hydrogen-bond acceptors (Lipinski definition) is 5. The molecular formula is C22H25FN2O5S. The van der Waals surface area contributed by atoms with Crippen LogP contribution < -0.4 is 5.32 Å². The van der Waals surface area contributed by atoms with Gasteiger partial charge < -0.3 is 10.1 Å². The smallest absolute Gasteiger partial charge is 0.338 e. The molecule has 0 aliphatic carbocycles. The van der Waals surface area contributed by atoms with Crippen LogP contribution >= 0.6 is 0 Å². The minimum atomic E-state index is -3.67. The number of nitrogens with one attached hydrogen (secondary N) is 1. The van der Waals surface area contributed by atoms with Gasteiger partial charge in [-0.05, 0) is 61.7 Å². The first-order chi connectivity index (χ1) is 14.8. The van der Waals surface area contributed by atoms with Gasteiger partial charge in [0.15, 0.2) is 6.61 Å². The summed E-state index contributed by atoms with van der Waals surface area (Å²) in [7, 11) is -3.67. The molecule has 1 saturated heterocycles. The third kappa shape index (κ3) is 5.89. The lowest BCUT2D eigenvalue weighted by molar-refractivity contribution is -0.119. The van der Waals surface area contributed by atoms with Crippen molar-refractivity contribution in [2.75, 3.05) is 25.0 Å². The molecule has 0 saturated carbocycles. The SMILES string of the molecule is Cc1ccc(NC(=O)COC(=O)c2ccc(F)cc2)cc1S(=O)(=O)N1CCCCCC1. The fourth-order valence-electron chi connectivity index (χ4n) is 3.37. The molecule has 3 rings (SSSR count). The Kier molecular flexibility index (Phi) is 7.40. The summed E-state index contributed by atoms with van der Waals surface area (Å²) in [5.41, 5.74) is 1.00. The third-order valence-corrected chi connectivity index (χ3v) is 7.11. The van der Waals surface area contributed by atoms with Gasteiger partial charge in [-0.25, -0.2) is 17.6 Å². The predicted molar refractivity (Wildman–Crippen MR) is 114 cm³/mol. The first-order valence-electron chi connectivity index (χ1n) is 10.1. The van der Waals surface area contributed by atoms with Crippen molar-refractivity contribution in [2.24, 2.45) is 0 Å². The largest absolute Gasteiger partial charge is 0.452 e. The summed E-state index contributed by atoms with van der Waals surface area (Å²) in [4.78, 5) is 24.3. The van der Waals surface area contributed by atoms with Crippen molar-refractivity contribution < 1.29 is 27.1 Å². The van der Waals surface area contributed by atoms with Gasteiger partial charge in [0.25, 0.3) is 5.91 Å². The molecule has 0 radical (unpaired) electrons. The van der Waals surface area contributed by atoms with Crippen molar-refractivity contribution in [3.05, 3.63) is 59.4 Å². The molecule has 2 aromatic rings. The number of amides is 1. The Morgan fingerprint density at radius 2 is 1.68 bits per heavy atom. The number of nitrogens with zero attached hydrogens (tertiary/aromatic N) is 1. The second-order valence-corrected chi connectivity index (χ2v) is 9.34. The molecule has 2 aromatic carbocycles. The molecule has 7 nitrogen and oxygen atoms in total.